The fourth-order valence-electron chi connectivity index (χ4n) is 3.28. The molecule has 1 nitrogen and oxygen atoms in total. The van der Waals surface area contributed by atoms with Crippen LogP contribution in [0.5, 0.6) is 0 Å². The molecule has 0 bridgehead atoms. The molecule has 0 atom stereocenters. The van der Waals surface area contributed by atoms with E-state index in [0.29, 0.717) is 12.1 Å². The van der Waals surface area contributed by atoms with Crippen molar-refractivity contribution in [2.45, 2.75) is 49.6 Å². The second-order valence-corrected chi connectivity index (χ2v) is 9.14. The molecular weight excluding hydrogens is 342 g/mol. The molecule has 0 fully saturated rings. The molecule has 3 rings (SSSR count). The third-order valence-electron chi connectivity index (χ3n) is 4.51. The van der Waals surface area contributed by atoms with Gasteiger partial charge in [-0.25, -0.2) is 0 Å². The molecule has 25 heavy (non-hydrogen) atoms. The lowest BCUT2D eigenvalue weighted by Gasteiger charge is -2.30. The lowest BCUT2D eigenvalue weighted by molar-refractivity contribution is 0.187. The maximum Gasteiger partial charge on any atom is 0.0206 e. The topological polar surface area (TPSA) is 3.24 Å². The van der Waals surface area contributed by atoms with Crippen LogP contribution >= 0.6 is 23.5 Å². The predicted molar refractivity (Wildman–Crippen MR) is 114 cm³/mol. The average Bonchev–Trinajstić information content (AvgIpc) is 2.74. The first-order valence-corrected chi connectivity index (χ1v) is 10.8. The molecule has 2 aromatic rings. The second-order valence-electron chi connectivity index (χ2n) is 6.92. The van der Waals surface area contributed by atoms with Gasteiger partial charge in [0.05, 0.1) is 0 Å². The Morgan fingerprint density at radius 3 is 2.24 bits per heavy atom. The van der Waals surface area contributed by atoms with Crippen molar-refractivity contribution in [2.75, 3.05) is 12.3 Å². The van der Waals surface area contributed by atoms with Crippen molar-refractivity contribution in [1.29, 1.82) is 0 Å². The molecule has 0 aliphatic carbocycles. The highest BCUT2D eigenvalue weighted by atomic mass is 32.2. The van der Waals surface area contributed by atoms with Crippen LogP contribution in [0.1, 0.15) is 38.8 Å². The van der Waals surface area contributed by atoms with Crippen molar-refractivity contribution < 1.29 is 0 Å². The van der Waals surface area contributed by atoms with E-state index in [2.05, 4.69) is 87.2 Å². The zero-order valence-corrected chi connectivity index (χ0v) is 17.2. The fraction of sp³-hybridized carbons (Fsp3) is 0.364. The largest absolute Gasteiger partial charge is 0.298 e. The van der Waals surface area contributed by atoms with Crippen molar-refractivity contribution in [1.82, 2.24) is 4.90 Å². The zero-order valence-electron chi connectivity index (χ0n) is 15.5. The van der Waals surface area contributed by atoms with Gasteiger partial charge in [-0.2, -0.15) is 0 Å². The summed E-state index contributed by atoms with van der Waals surface area (Å²) >= 11 is 3.87. The van der Waals surface area contributed by atoms with Crippen LogP contribution in [0, 0.1) is 0 Å². The molecular formula is C22H27NS2. The Hall–Kier alpha value is -1.16. The fourth-order valence-corrected chi connectivity index (χ4v) is 5.48. The Morgan fingerprint density at radius 1 is 0.880 bits per heavy atom. The number of rotatable bonds is 6. The van der Waals surface area contributed by atoms with E-state index < -0.39 is 0 Å². The van der Waals surface area contributed by atoms with Gasteiger partial charge in [0, 0.05) is 44.6 Å². The molecule has 0 amide bonds. The number of hydrogen-bond acceptors (Lipinski definition) is 3. The van der Waals surface area contributed by atoms with Gasteiger partial charge in [0.2, 0.25) is 0 Å². The highest BCUT2D eigenvalue weighted by molar-refractivity contribution is 8.08. The molecule has 2 aromatic carbocycles. The first-order chi connectivity index (χ1) is 12.1. The molecule has 132 valence electrons. The third kappa shape index (κ3) is 4.52. The lowest BCUT2D eigenvalue weighted by Crippen LogP contribution is -2.38. The number of thioether (sulfide) groups is 1. The minimum Gasteiger partial charge on any atom is -0.298 e. The monoisotopic (exact) mass is 369 g/mol. The van der Waals surface area contributed by atoms with Crippen LogP contribution < -0.4 is 0 Å². The highest BCUT2D eigenvalue weighted by Crippen LogP contribution is 2.43. The van der Waals surface area contributed by atoms with Gasteiger partial charge in [0.1, 0.15) is 0 Å². The maximum atomic E-state index is 2.57. The summed E-state index contributed by atoms with van der Waals surface area (Å²) in [4.78, 5) is 6.66. The van der Waals surface area contributed by atoms with E-state index in [1.165, 1.54) is 25.8 Å². The minimum atomic E-state index is 0.590. The van der Waals surface area contributed by atoms with Crippen LogP contribution in [-0.4, -0.2) is 29.3 Å². The first-order valence-electron chi connectivity index (χ1n) is 9.03. The van der Waals surface area contributed by atoms with Crippen LogP contribution in [0.2, 0.25) is 0 Å². The molecule has 1 aliphatic rings. The Morgan fingerprint density at radius 2 is 1.52 bits per heavy atom. The molecule has 3 heteroatoms. The van der Waals surface area contributed by atoms with Crippen molar-refractivity contribution >= 4 is 34.5 Å². The van der Waals surface area contributed by atoms with Gasteiger partial charge in [-0.05, 0) is 51.5 Å². The first kappa shape index (κ1) is 18.6. The molecule has 1 heterocycles. The maximum absolute atomic E-state index is 2.57. The number of fused-ring (bicyclic) bond motifs is 2. The number of nitrogens with zero attached hydrogens (tertiary/aromatic N) is 1. The summed E-state index contributed by atoms with van der Waals surface area (Å²) in [5.41, 5.74) is 2.70. The highest BCUT2D eigenvalue weighted by Gasteiger charge is 2.17. The van der Waals surface area contributed by atoms with E-state index >= 15 is 0 Å². The molecule has 0 spiro atoms. The summed E-state index contributed by atoms with van der Waals surface area (Å²) in [6.07, 6.45) is 2.37. The van der Waals surface area contributed by atoms with Gasteiger partial charge in [0.15, 0.2) is 0 Å². The van der Waals surface area contributed by atoms with E-state index in [1.807, 2.05) is 23.5 Å². The zero-order chi connectivity index (χ0) is 17.8. The second kappa shape index (κ2) is 8.48. The lowest BCUT2D eigenvalue weighted by atomic mass is 10.1. The van der Waals surface area contributed by atoms with Gasteiger partial charge in [-0.15, -0.1) is 11.8 Å². The Labute approximate surface area is 160 Å². The number of benzene rings is 2. The van der Waals surface area contributed by atoms with Crippen LogP contribution in [0.15, 0.2) is 58.3 Å². The van der Waals surface area contributed by atoms with Crippen LogP contribution in [0.25, 0.3) is 11.0 Å². The Bertz CT molecular complexity index is 741. The van der Waals surface area contributed by atoms with Crippen molar-refractivity contribution in [3.8, 4) is 0 Å². The van der Waals surface area contributed by atoms with E-state index in [1.54, 1.807) is 0 Å². The van der Waals surface area contributed by atoms with Gasteiger partial charge in [0.25, 0.3) is 0 Å². The van der Waals surface area contributed by atoms with E-state index in [4.69, 9.17) is 0 Å². The van der Waals surface area contributed by atoms with Gasteiger partial charge >= 0.3 is 0 Å². The van der Waals surface area contributed by atoms with Crippen molar-refractivity contribution in [3.63, 3.8) is 0 Å². The standard InChI is InChI=1S/C22H27NS2/c1-16(2)23(17(3)4)13-14-24-22-15-18-9-5-7-11-20(18)25-21-12-8-6-10-19(21)22/h5-12,15-17H,13-14H2,1-4H3. The Balaban J connectivity index is 1.83. The predicted octanol–water partition coefficient (Wildman–Crippen LogP) is 6.50. The molecule has 0 radical (unpaired) electrons. The summed E-state index contributed by atoms with van der Waals surface area (Å²) in [5, 5.41) is 0. The summed E-state index contributed by atoms with van der Waals surface area (Å²) in [6, 6.07) is 18.7. The molecule has 0 unspecified atom stereocenters. The SMILES string of the molecule is CC(C)N(CCSC1=Cc2ccccc2Sc2ccccc21)C(C)C. The van der Waals surface area contributed by atoms with Gasteiger partial charge < -0.3 is 0 Å². The minimum absolute atomic E-state index is 0.590. The van der Waals surface area contributed by atoms with E-state index in [-0.39, 0.29) is 0 Å². The summed E-state index contributed by atoms with van der Waals surface area (Å²) in [6.45, 7) is 10.3. The normalized spacial score (nSPS) is 13.6. The van der Waals surface area contributed by atoms with Crippen molar-refractivity contribution in [3.05, 3.63) is 59.7 Å². The molecule has 1 aliphatic heterocycles. The van der Waals surface area contributed by atoms with Crippen LogP contribution in [0.4, 0.5) is 0 Å². The van der Waals surface area contributed by atoms with E-state index in [0.717, 1.165) is 12.3 Å². The smallest absolute Gasteiger partial charge is 0.0206 e. The summed E-state index contributed by atoms with van der Waals surface area (Å²) < 4.78 is 0. The Kier molecular flexibility index (Phi) is 6.32. The van der Waals surface area contributed by atoms with Crippen LogP contribution in [0.3, 0.4) is 0 Å². The quantitative estimate of drug-likeness (QED) is 0.572. The average molecular weight is 370 g/mol. The van der Waals surface area contributed by atoms with E-state index in [9.17, 15) is 0 Å². The third-order valence-corrected chi connectivity index (χ3v) is 6.71. The van der Waals surface area contributed by atoms with Crippen molar-refractivity contribution in [2.24, 2.45) is 0 Å². The molecule has 0 aromatic heterocycles. The number of hydrogen-bond donors (Lipinski definition) is 0. The van der Waals surface area contributed by atoms with Gasteiger partial charge in [-0.3, -0.25) is 4.90 Å². The summed E-state index contributed by atoms with van der Waals surface area (Å²) in [7, 11) is 0. The van der Waals surface area contributed by atoms with Gasteiger partial charge in [-0.1, -0.05) is 48.2 Å². The molecule has 0 saturated heterocycles. The summed E-state index contributed by atoms with van der Waals surface area (Å²) in [5.74, 6) is 1.11. The van der Waals surface area contributed by atoms with Crippen LogP contribution in [-0.2, 0) is 0 Å². The molecule has 0 N–H and O–H groups in total. The molecule has 0 saturated carbocycles.